The van der Waals surface area contributed by atoms with Crippen LogP contribution in [0.4, 0.5) is 0 Å². The quantitative estimate of drug-likeness (QED) is 0.431. The van der Waals surface area contributed by atoms with E-state index in [0.29, 0.717) is 5.92 Å². The molecule has 0 aromatic heterocycles. The number of rotatable bonds is 2. The van der Waals surface area contributed by atoms with Crippen molar-refractivity contribution in [3.05, 3.63) is 0 Å². The van der Waals surface area contributed by atoms with Crippen molar-refractivity contribution in [3.63, 3.8) is 0 Å². The third-order valence-electron chi connectivity index (χ3n) is 4.31. The first-order valence-electron chi connectivity index (χ1n) is 7.41. The molecule has 2 amide bonds. The average molecular weight is 265 g/mol. The van der Waals surface area contributed by atoms with E-state index in [9.17, 15) is 9.59 Å². The Hall–Kier alpha value is -1.39. The van der Waals surface area contributed by atoms with E-state index in [0.717, 1.165) is 36.9 Å². The van der Waals surface area contributed by atoms with Crippen molar-refractivity contribution in [2.24, 2.45) is 5.92 Å². The standard InChI is InChI=1S/C14H21N2O3/c17-12-7-8-13(18)16(12)19-14(11-5-1-2-6-11)15-9-3-4-10-15/h11H,1-10H2/q+1. The first kappa shape index (κ1) is 12.6. The maximum absolute atomic E-state index is 11.7. The fourth-order valence-electron chi connectivity index (χ4n) is 3.25. The Morgan fingerprint density at radius 3 is 2.16 bits per heavy atom. The molecule has 0 aromatic carbocycles. The third kappa shape index (κ3) is 2.51. The van der Waals surface area contributed by atoms with Crippen LogP contribution in [0.25, 0.3) is 0 Å². The van der Waals surface area contributed by atoms with Crippen LogP contribution in [0.15, 0.2) is 0 Å². The second-order valence-corrected chi connectivity index (χ2v) is 5.69. The van der Waals surface area contributed by atoms with Gasteiger partial charge in [-0.3, -0.25) is 9.59 Å². The lowest BCUT2D eigenvalue weighted by atomic mass is 10.1. The summed E-state index contributed by atoms with van der Waals surface area (Å²) >= 11 is 0. The lowest BCUT2D eigenvalue weighted by Crippen LogP contribution is -2.38. The minimum atomic E-state index is -0.195. The van der Waals surface area contributed by atoms with Crippen molar-refractivity contribution in [2.45, 2.75) is 51.4 Å². The predicted molar refractivity (Wildman–Crippen MR) is 68.4 cm³/mol. The van der Waals surface area contributed by atoms with E-state index in [1.54, 1.807) is 0 Å². The molecule has 104 valence electrons. The van der Waals surface area contributed by atoms with Crippen LogP contribution in [-0.2, 0) is 14.4 Å². The lowest BCUT2D eigenvalue weighted by Gasteiger charge is -2.17. The molecule has 0 aromatic rings. The summed E-state index contributed by atoms with van der Waals surface area (Å²) in [5.41, 5.74) is 0. The molecule has 0 radical (unpaired) electrons. The number of imide groups is 1. The van der Waals surface area contributed by atoms with Gasteiger partial charge in [0.15, 0.2) is 0 Å². The minimum Gasteiger partial charge on any atom is -0.310 e. The first-order chi connectivity index (χ1) is 9.25. The van der Waals surface area contributed by atoms with Gasteiger partial charge in [0.2, 0.25) is 0 Å². The molecule has 19 heavy (non-hydrogen) atoms. The maximum atomic E-state index is 11.7. The lowest BCUT2D eigenvalue weighted by molar-refractivity contribution is -0.520. The second kappa shape index (κ2) is 5.31. The van der Waals surface area contributed by atoms with Gasteiger partial charge < -0.3 is 4.84 Å². The molecular formula is C14H21N2O3+. The number of hydrogen-bond donors (Lipinski definition) is 0. The SMILES string of the molecule is O=C1CCC(=O)N1OC(C1CCCC1)=[N+]1CCCC1. The largest absolute Gasteiger partial charge is 0.365 e. The molecular weight excluding hydrogens is 244 g/mol. The van der Waals surface area contributed by atoms with Crippen LogP contribution in [0.5, 0.6) is 0 Å². The number of nitrogens with zero attached hydrogens (tertiary/aromatic N) is 2. The number of hydrogen-bond acceptors (Lipinski definition) is 3. The van der Waals surface area contributed by atoms with Crippen LogP contribution in [0, 0.1) is 5.92 Å². The number of amides is 2. The highest BCUT2D eigenvalue weighted by atomic mass is 16.7. The Bertz CT molecular complexity index is 400. The number of hydroxylamine groups is 2. The molecule has 3 rings (SSSR count). The van der Waals surface area contributed by atoms with E-state index < -0.39 is 0 Å². The average Bonchev–Trinajstić information content (AvgIpc) is 3.12. The molecule has 1 saturated carbocycles. The summed E-state index contributed by atoms with van der Waals surface area (Å²) < 4.78 is 2.23. The van der Waals surface area contributed by atoms with E-state index in [1.165, 1.54) is 25.7 Å². The maximum Gasteiger partial charge on any atom is 0.365 e. The molecule has 1 aliphatic carbocycles. The number of carbonyl (C=O) groups excluding carboxylic acids is 2. The van der Waals surface area contributed by atoms with Crippen LogP contribution < -0.4 is 0 Å². The molecule has 3 fully saturated rings. The molecule has 0 atom stereocenters. The van der Waals surface area contributed by atoms with Crippen LogP contribution in [0.2, 0.25) is 0 Å². The molecule has 2 aliphatic heterocycles. The van der Waals surface area contributed by atoms with Crippen LogP contribution in [0.1, 0.15) is 51.4 Å². The van der Waals surface area contributed by atoms with Gasteiger partial charge in [0, 0.05) is 25.7 Å². The minimum absolute atomic E-state index is 0.195. The predicted octanol–water partition coefficient (Wildman–Crippen LogP) is 1.46. The number of carbonyl (C=O) groups is 2. The van der Waals surface area contributed by atoms with Gasteiger partial charge in [-0.25, -0.2) is 4.58 Å². The highest BCUT2D eigenvalue weighted by Gasteiger charge is 2.39. The zero-order valence-electron chi connectivity index (χ0n) is 11.3. The summed E-state index contributed by atoms with van der Waals surface area (Å²) in [7, 11) is 0. The Morgan fingerprint density at radius 1 is 1.00 bits per heavy atom. The molecule has 3 aliphatic rings. The fourth-order valence-corrected chi connectivity index (χ4v) is 3.25. The van der Waals surface area contributed by atoms with Gasteiger partial charge in [-0.1, -0.05) is 12.8 Å². The zero-order chi connectivity index (χ0) is 13.2. The summed E-state index contributed by atoms with van der Waals surface area (Å²) in [6, 6.07) is 0. The smallest absolute Gasteiger partial charge is 0.310 e. The van der Waals surface area contributed by atoms with Gasteiger partial charge in [0.1, 0.15) is 13.1 Å². The van der Waals surface area contributed by atoms with Crippen LogP contribution >= 0.6 is 0 Å². The van der Waals surface area contributed by atoms with E-state index in [-0.39, 0.29) is 24.7 Å². The van der Waals surface area contributed by atoms with Gasteiger partial charge in [-0.05, 0) is 12.8 Å². The van der Waals surface area contributed by atoms with E-state index in [1.807, 2.05) is 0 Å². The zero-order valence-corrected chi connectivity index (χ0v) is 11.3. The molecule has 5 heteroatoms. The molecule has 0 bridgehead atoms. The van der Waals surface area contributed by atoms with Gasteiger partial charge in [-0.15, -0.1) is 5.06 Å². The van der Waals surface area contributed by atoms with Crippen LogP contribution in [-0.4, -0.2) is 40.4 Å². The molecule has 0 N–H and O–H groups in total. The van der Waals surface area contributed by atoms with Crippen molar-refractivity contribution in [1.29, 1.82) is 0 Å². The van der Waals surface area contributed by atoms with Gasteiger partial charge in [0.25, 0.3) is 11.8 Å². The van der Waals surface area contributed by atoms with Gasteiger partial charge in [-0.2, -0.15) is 0 Å². The molecule has 0 spiro atoms. The highest BCUT2D eigenvalue weighted by molar-refractivity contribution is 6.01. The topological polar surface area (TPSA) is 49.6 Å². The van der Waals surface area contributed by atoms with E-state index >= 15 is 0 Å². The molecule has 5 nitrogen and oxygen atoms in total. The molecule has 2 saturated heterocycles. The van der Waals surface area contributed by atoms with E-state index in [4.69, 9.17) is 4.84 Å². The summed E-state index contributed by atoms with van der Waals surface area (Å²) in [6.07, 6.45) is 7.57. The molecule has 0 unspecified atom stereocenters. The van der Waals surface area contributed by atoms with Crippen molar-refractivity contribution < 1.29 is 19.0 Å². The van der Waals surface area contributed by atoms with E-state index in [2.05, 4.69) is 4.58 Å². The second-order valence-electron chi connectivity index (χ2n) is 5.69. The van der Waals surface area contributed by atoms with Crippen molar-refractivity contribution in [3.8, 4) is 0 Å². The monoisotopic (exact) mass is 265 g/mol. The summed E-state index contributed by atoms with van der Waals surface area (Å²) in [6.45, 7) is 1.98. The Kier molecular flexibility index (Phi) is 3.53. The Labute approximate surface area is 113 Å². The summed E-state index contributed by atoms with van der Waals surface area (Å²) in [5, 5.41) is 1.01. The van der Waals surface area contributed by atoms with Crippen molar-refractivity contribution in [2.75, 3.05) is 13.1 Å². The molecule has 2 heterocycles. The van der Waals surface area contributed by atoms with Crippen molar-refractivity contribution >= 4 is 17.7 Å². The Morgan fingerprint density at radius 2 is 1.58 bits per heavy atom. The van der Waals surface area contributed by atoms with Gasteiger partial charge >= 0.3 is 5.90 Å². The first-order valence-corrected chi connectivity index (χ1v) is 7.41. The van der Waals surface area contributed by atoms with Crippen LogP contribution in [0.3, 0.4) is 0 Å². The normalized spacial score (nSPS) is 24.6. The Balaban J connectivity index is 1.81. The fraction of sp³-hybridized carbons (Fsp3) is 0.786. The van der Waals surface area contributed by atoms with Gasteiger partial charge in [0.05, 0.1) is 5.92 Å². The summed E-state index contributed by atoms with van der Waals surface area (Å²) in [4.78, 5) is 29.2. The highest BCUT2D eigenvalue weighted by Crippen LogP contribution is 2.28. The summed E-state index contributed by atoms with van der Waals surface area (Å²) in [5.74, 6) is 0.872. The van der Waals surface area contributed by atoms with Crippen molar-refractivity contribution in [1.82, 2.24) is 5.06 Å². The third-order valence-corrected chi connectivity index (χ3v) is 4.31.